The van der Waals surface area contributed by atoms with Crippen LogP contribution in [0.2, 0.25) is 5.02 Å². The van der Waals surface area contributed by atoms with Gasteiger partial charge < -0.3 is 0 Å². The second-order valence-corrected chi connectivity index (χ2v) is 6.30. The summed E-state index contributed by atoms with van der Waals surface area (Å²) >= 11 is 7.96. The average molecular weight is 341 g/mol. The van der Waals surface area contributed by atoms with E-state index in [1.165, 1.54) is 17.4 Å². The number of nitrogens with one attached hydrogen (secondary N) is 1. The monoisotopic (exact) mass is 340 g/mol. The highest BCUT2D eigenvalue weighted by Crippen LogP contribution is 2.22. The molecular weight excluding hydrogens is 335 g/mol. The summed E-state index contributed by atoms with van der Waals surface area (Å²) in [5.41, 5.74) is 0.647. The van der Waals surface area contributed by atoms with Crippen molar-refractivity contribution in [2.45, 2.75) is 0 Å². The Kier molecular flexibility index (Phi) is 3.71. The smallest absolute Gasteiger partial charge is 0.258 e. The average Bonchev–Trinajstić information content (AvgIpc) is 2.87. The van der Waals surface area contributed by atoms with Crippen molar-refractivity contribution in [3.63, 3.8) is 0 Å². The third kappa shape index (κ3) is 2.80. The van der Waals surface area contributed by atoms with Crippen molar-refractivity contribution < 1.29 is 9.18 Å². The van der Waals surface area contributed by atoms with Gasteiger partial charge in [-0.1, -0.05) is 22.9 Å². The number of halogens is 2. The molecule has 3 aromatic rings. The zero-order valence-corrected chi connectivity index (χ0v) is 12.6. The number of aromatic nitrogens is 1. The first-order valence-electron chi connectivity index (χ1n) is 5.69. The number of hydrogen-bond acceptors (Lipinski definition) is 5. The lowest BCUT2D eigenvalue weighted by atomic mass is 10.2. The van der Waals surface area contributed by atoms with Crippen LogP contribution in [0.4, 0.5) is 9.52 Å². The van der Waals surface area contributed by atoms with Gasteiger partial charge in [-0.15, -0.1) is 11.3 Å². The molecule has 0 aliphatic heterocycles. The van der Waals surface area contributed by atoms with Crippen molar-refractivity contribution >= 4 is 55.5 Å². The topological polar surface area (TPSA) is 59.1 Å². The highest BCUT2D eigenvalue weighted by Gasteiger charge is 2.14. The van der Waals surface area contributed by atoms with E-state index in [4.69, 9.17) is 11.6 Å². The van der Waals surface area contributed by atoms with E-state index in [0.29, 0.717) is 10.2 Å². The van der Waals surface area contributed by atoms with E-state index >= 15 is 0 Å². The van der Waals surface area contributed by atoms with Crippen LogP contribution >= 0.6 is 34.3 Å². The summed E-state index contributed by atoms with van der Waals surface area (Å²) in [7, 11) is 0. The Balaban J connectivity index is 1.94. The van der Waals surface area contributed by atoms with E-state index in [-0.39, 0.29) is 20.5 Å². The molecule has 0 radical (unpaired) electrons. The molecule has 4 nitrogen and oxygen atoms in total. The third-order valence-corrected chi connectivity index (χ3v) is 4.76. The number of anilines is 1. The highest BCUT2D eigenvalue weighted by atomic mass is 35.5. The minimum absolute atomic E-state index is 0.00328. The zero-order valence-electron chi connectivity index (χ0n) is 10.2. The predicted molar refractivity (Wildman–Crippen MR) is 83.1 cm³/mol. The summed E-state index contributed by atoms with van der Waals surface area (Å²) in [4.78, 5) is 28.1. The quantitative estimate of drug-likeness (QED) is 0.772. The second-order valence-electron chi connectivity index (χ2n) is 4.02. The lowest BCUT2D eigenvalue weighted by Gasteiger charge is -2.05. The molecule has 2 aromatic heterocycles. The Morgan fingerprint density at radius 2 is 2.14 bits per heavy atom. The first kappa shape index (κ1) is 14.1. The van der Waals surface area contributed by atoms with Gasteiger partial charge in [0.05, 0.1) is 16.1 Å². The third-order valence-electron chi connectivity index (χ3n) is 2.64. The fourth-order valence-electron chi connectivity index (χ4n) is 1.70. The maximum Gasteiger partial charge on any atom is 0.258 e. The molecule has 0 saturated carbocycles. The number of carbonyl (C=O) groups is 1. The van der Waals surface area contributed by atoms with Gasteiger partial charge in [0.25, 0.3) is 10.6 Å². The second kappa shape index (κ2) is 5.51. The maximum absolute atomic E-state index is 13.0. The van der Waals surface area contributed by atoms with Crippen LogP contribution < -0.4 is 10.1 Å². The van der Waals surface area contributed by atoms with Gasteiger partial charge in [-0.25, -0.2) is 9.37 Å². The predicted octanol–water partition coefficient (Wildman–Crippen LogP) is 3.76. The first-order chi connectivity index (χ1) is 10.0. The van der Waals surface area contributed by atoms with Crippen molar-refractivity contribution in [2.24, 2.45) is 0 Å². The number of carbonyl (C=O) groups excluding carboxylic acids is 1. The molecule has 0 unspecified atom stereocenters. The Morgan fingerprint density at radius 1 is 1.33 bits per heavy atom. The number of thiophene rings is 1. The van der Waals surface area contributed by atoms with Crippen molar-refractivity contribution in [3.8, 4) is 0 Å². The molecule has 106 valence electrons. The van der Waals surface area contributed by atoms with Gasteiger partial charge in [0.1, 0.15) is 10.5 Å². The van der Waals surface area contributed by atoms with Crippen molar-refractivity contribution in [3.05, 3.63) is 55.6 Å². The molecule has 0 spiro atoms. The van der Waals surface area contributed by atoms with Crippen LogP contribution in [0.25, 0.3) is 10.2 Å². The number of fused-ring (bicyclic) bond motifs is 1. The van der Waals surface area contributed by atoms with Crippen LogP contribution in [0, 0.1) is 5.82 Å². The Bertz CT molecular complexity index is 907. The van der Waals surface area contributed by atoms with Crippen LogP contribution in [0.3, 0.4) is 0 Å². The number of amides is 1. The minimum atomic E-state index is -0.544. The molecule has 0 fully saturated rings. The van der Waals surface area contributed by atoms with E-state index in [0.717, 1.165) is 23.5 Å². The van der Waals surface area contributed by atoms with E-state index < -0.39 is 11.7 Å². The van der Waals surface area contributed by atoms with Crippen LogP contribution in [-0.2, 0) is 0 Å². The van der Waals surface area contributed by atoms with Crippen LogP contribution in [0.15, 0.2) is 34.4 Å². The van der Waals surface area contributed by atoms with Crippen LogP contribution in [-0.4, -0.2) is 10.9 Å². The fourth-order valence-corrected chi connectivity index (χ4v) is 3.55. The molecule has 1 amide bonds. The molecule has 3 rings (SSSR count). The van der Waals surface area contributed by atoms with Gasteiger partial charge in [-0.2, -0.15) is 0 Å². The van der Waals surface area contributed by atoms with E-state index in [2.05, 4.69) is 10.3 Å². The Hall–Kier alpha value is -1.83. The lowest BCUT2D eigenvalue weighted by Crippen LogP contribution is -2.14. The molecule has 0 aliphatic rings. The summed E-state index contributed by atoms with van der Waals surface area (Å²) in [6, 6.07) is 5.17. The molecular formula is C13H6ClFN2O2S2. The SMILES string of the molecule is O=C(Nc1nc2ccsc2c(=O)s1)c1ccc(F)cc1Cl. The van der Waals surface area contributed by atoms with Gasteiger partial charge in [-0.3, -0.25) is 14.9 Å². The van der Waals surface area contributed by atoms with Crippen molar-refractivity contribution in [1.29, 1.82) is 0 Å². The van der Waals surface area contributed by atoms with Gasteiger partial charge in [-0.05, 0) is 29.6 Å². The summed E-state index contributed by atoms with van der Waals surface area (Å²) in [5.74, 6) is -1.07. The number of rotatable bonds is 2. The van der Waals surface area contributed by atoms with E-state index in [1.807, 2.05) is 0 Å². The molecule has 0 bridgehead atoms. The largest absolute Gasteiger partial charge is 0.298 e. The number of nitrogens with zero attached hydrogens (tertiary/aromatic N) is 1. The van der Waals surface area contributed by atoms with Crippen LogP contribution in [0.5, 0.6) is 0 Å². The lowest BCUT2D eigenvalue weighted by molar-refractivity contribution is 0.102. The highest BCUT2D eigenvalue weighted by molar-refractivity contribution is 7.21. The summed E-state index contributed by atoms with van der Waals surface area (Å²) in [5, 5.41) is 4.44. The molecule has 2 heterocycles. The Morgan fingerprint density at radius 3 is 2.90 bits per heavy atom. The maximum atomic E-state index is 13.0. The Labute approximate surface area is 130 Å². The molecule has 0 atom stereocenters. The van der Waals surface area contributed by atoms with Gasteiger partial charge >= 0.3 is 0 Å². The fraction of sp³-hybridized carbons (Fsp3) is 0. The molecule has 8 heteroatoms. The van der Waals surface area contributed by atoms with Gasteiger partial charge in [0, 0.05) is 0 Å². The van der Waals surface area contributed by atoms with E-state index in [1.54, 1.807) is 11.4 Å². The number of hydrogen-bond donors (Lipinski definition) is 1. The van der Waals surface area contributed by atoms with E-state index in [9.17, 15) is 14.0 Å². The first-order valence-corrected chi connectivity index (χ1v) is 7.77. The molecule has 1 aromatic carbocycles. The van der Waals surface area contributed by atoms with Gasteiger partial charge in [0.2, 0.25) is 0 Å². The summed E-state index contributed by atoms with van der Waals surface area (Å²) < 4.78 is 13.3. The van der Waals surface area contributed by atoms with Gasteiger partial charge in [0.15, 0.2) is 5.13 Å². The normalized spacial score (nSPS) is 10.8. The molecule has 0 aliphatic carbocycles. The minimum Gasteiger partial charge on any atom is -0.298 e. The standard InChI is InChI=1S/C13H6ClFN2O2S2/c14-8-5-6(15)1-2-7(8)11(18)17-13-16-9-3-4-20-10(9)12(19)21-13/h1-5H,(H,16,17,18). The molecule has 0 saturated heterocycles. The van der Waals surface area contributed by atoms with Crippen LogP contribution in [0.1, 0.15) is 10.4 Å². The van der Waals surface area contributed by atoms with Crippen molar-refractivity contribution in [2.75, 3.05) is 5.32 Å². The van der Waals surface area contributed by atoms with Crippen molar-refractivity contribution in [1.82, 2.24) is 4.98 Å². The molecule has 21 heavy (non-hydrogen) atoms. The molecule has 1 N–H and O–H groups in total. The zero-order chi connectivity index (χ0) is 15.0. The summed E-state index contributed by atoms with van der Waals surface area (Å²) in [6.45, 7) is 0. The number of benzene rings is 1. The summed E-state index contributed by atoms with van der Waals surface area (Å²) in [6.07, 6.45) is 0.